The normalized spacial score (nSPS) is 21.5. The van der Waals surface area contributed by atoms with Crippen LogP contribution in [0.1, 0.15) is 17.7 Å². The average Bonchev–Trinajstić information content (AvgIpc) is 2.83. The van der Waals surface area contributed by atoms with Crippen LogP contribution in [-0.4, -0.2) is 33.3 Å². The monoisotopic (exact) mass is 274 g/mol. The van der Waals surface area contributed by atoms with Crippen LogP contribution in [0.5, 0.6) is 0 Å². The van der Waals surface area contributed by atoms with Gasteiger partial charge in [-0.15, -0.1) is 11.3 Å². The predicted octanol–water partition coefficient (Wildman–Crippen LogP) is 0.962. The molecule has 1 unspecified atom stereocenters. The van der Waals surface area contributed by atoms with E-state index in [2.05, 4.69) is 10.0 Å². The van der Waals surface area contributed by atoms with Crippen LogP contribution in [0.25, 0.3) is 0 Å². The molecule has 0 aliphatic carbocycles. The Hall–Kier alpha value is -0.430. The van der Waals surface area contributed by atoms with Crippen LogP contribution in [0.2, 0.25) is 0 Å². The van der Waals surface area contributed by atoms with Gasteiger partial charge >= 0.3 is 0 Å². The number of piperidine rings is 1. The molecule has 6 heteroatoms. The predicted molar refractivity (Wildman–Crippen MR) is 70.8 cm³/mol. The van der Waals surface area contributed by atoms with E-state index >= 15 is 0 Å². The highest BCUT2D eigenvalue weighted by atomic mass is 32.2. The maximum atomic E-state index is 12.0. The first-order chi connectivity index (χ1) is 8.18. The lowest BCUT2D eigenvalue weighted by molar-refractivity contribution is 0.490. The van der Waals surface area contributed by atoms with Crippen molar-refractivity contribution in [3.8, 4) is 0 Å². The lowest BCUT2D eigenvalue weighted by Gasteiger charge is -2.22. The molecule has 1 fully saturated rings. The zero-order chi connectivity index (χ0) is 12.1. The van der Waals surface area contributed by atoms with Crippen LogP contribution in [0.15, 0.2) is 17.5 Å². The zero-order valence-electron chi connectivity index (χ0n) is 9.69. The molecule has 0 amide bonds. The topological polar surface area (TPSA) is 58.2 Å². The fourth-order valence-corrected chi connectivity index (χ4v) is 4.12. The third-order valence-corrected chi connectivity index (χ3v) is 5.77. The lowest BCUT2D eigenvalue weighted by Crippen LogP contribution is -2.44. The molecule has 0 radical (unpaired) electrons. The van der Waals surface area contributed by atoms with E-state index in [4.69, 9.17) is 0 Å². The van der Waals surface area contributed by atoms with Crippen LogP contribution in [0, 0.1) is 0 Å². The number of rotatable bonds is 5. The summed E-state index contributed by atoms with van der Waals surface area (Å²) in [5.41, 5.74) is 0. The standard InChI is InChI=1S/C11H18N2O2S2/c14-17(15,11-4-1-6-12-9-11)13-7-5-10-3-2-8-16-10/h2-3,8,11-13H,1,4-7,9H2. The first-order valence-electron chi connectivity index (χ1n) is 5.90. The SMILES string of the molecule is O=S(=O)(NCCc1cccs1)C1CCCNC1. The fraction of sp³-hybridized carbons (Fsp3) is 0.636. The first-order valence-corrected chi connectivity index (χ1v) is 8.33. The van der Waals surface area contributed by atoms with Gasteiger partial charge in [0.25, 0.3) is 0 Å². The molecule has 2 N–H and O–H groups in total. The highest BCUT2D eigenvalue weighted by Crippen LogP contribution is 2.11. The quantitative estimate of drug-likeness (QED) is 0.841. The second kappa shape index (κ2) is 5.95. The van der Waals surface area contributed by atoms with Crippen LogP contribution in [0.4, 0.5) is 0 Å². The third kappa shape index (κ3) is 3.77. The minimum atomic E-state index is -3.14. The summed E-state index contributed by atoms with van der Waals surface area (Å²) in [6.07, 6.45) is 2.48. The van der Waals surface area contributed by atoms with E-state index in [-0.39, 0.29) is 5.25 Å². The van der Waals surface area contributed by atoms with Gasteiger partial charge < -0.3 is 5.32 Å². The summed E-state index contributed by atoms with van der Waals surface area (Å²) in [5.74, 6) is 0. The number of sulfonamides is 1. The van der Waals surface area contributed by atoms with Crippen LogP contribution >= 0.6 is 11.3 Å². The molecule has 2 rings (SSSR count). The number of hydrogen-bond donors (Lipinski definition) is 2. The summed E-state index contributed by atoms with van der Waals surface area (Å²) in [7, 11) is -3.14. The Bertz CT molecular complexity index is 422. The number of hydrogen-bond acceptors (Lipinski definition) is 4. The maximum absolute atomic E-state index is 12.0. The Balaban J connectivity index is 1.80. The van der Waals surface area contributed by atoms with Gasteiger partial charge in [0.15, 0.2) is 0 Å². The molecule has 1 aromatic rings. The molecule has 0 bridgehead atoms. The van der Waals surface area contributed by atoms with Crippen molar-refractivity contribution < 1.29 is 8.42 Å². The highest BCUT2D eigenvalue weighted by Gasteiger charge is 2.26. The Morgan fingerprint density at radius 3 is 3.06 bits per heavy atom. The molecule has 0 aromatic carbocycles. The molecular formula is C11H18N2O2S2. The van der Waals surface area contributed by atoms with Crippen molar-refractivity contribution in [2.75, 3.05) is 19.6 Å². The van der Waals surface area contributed by atoms with Gasteiger partial charge in [-0.25, -0.2) is 13.1 Å². The van der Waals surface area contributed by atoms with E-state index in [1.54, 1.807) is 11.3 Å². The van der Waals surface area contributed by atoms with Crippen molar-refractivity contribution in [3.05, 3.63) is 22.4 Å². The Morgan fingerprint density at radius 1 is 1.53 bits per heavy atom. The minimum Gasteiger partial charge on any atom is -0.315 e. The van der Waals surface area contributed by atoms with E-state index in [9.17, 15) is 8.42 Å². The zero-order valence-corrected chi connectivity index (χ0v) is 11.3. The summed E-state index contributed by atoms with van der Waals surface area (Å²) >= 11 is 1.66. The molecule has 1 aliphatic rings. The smallest absolute Gasteiger partial charge is 0.215 e. The molecule has 4 nitrogen and oxygen atoms in total. The van der Waals surface area contributed by atoms with Crippen molar-refractivity contribution >= 4 is 21.4 Å². The average molecular weight is 274 g/mol. The van der Waals surface area contributed by atoms with Crippen molar-refractivity contribution in [2.45, 2.75) is 24.5 Å². The Morgan fingerprint density at radius 2 is 2.41 bits per heavy atom. The minimum absolute atomic E-state index is 0.264. The molecule has 96 valence electrons. The van der Waals surface area contributed by atoms with Crippen LogP contribution in [0.3, 0.4) is 0 Å². The van der Waals surface area contributed by atoms with Gasteiger partial charge in [-0.2, -0.15) is 0 Å². The van der Waals surface area contributed by atoms with Crippen molar-refractivity contribution in [3.63, 3.8) is 0 Å². The molecule has 1 aliphatic heterocycles. The number of thiophene rings is 1. The molecule has 1 atom stereocenters. The Kier molecular flexibility index (Phi) is 4.55. The van der Waals surface area contributed by atoms with E-state index in [0.717, 1.165) is 25.8 Å². The largest absolute Gasteiger partial charge is 0.315 e. The van der Waals surface area contributed by atoms with Crippen LogP contribution < -0.4 is 10.0 Å². The van der Waals surface area contributed by atoms with Gasteiger partial charge in [0.2, 0.25) is 10.0 Å². The maximum Gasteiger partial charge on any atom is 0.215 e. The molecule has 2 heterocycles. The second-order valence-corrected chi connectivity index (χ2v) is 7.31. The lowest BCUT2D eigenvalue weighted by atomic mass is 10.2. The molecule has 1 aromatic heterocycles. The molecular weight excluding hydrogens is 256 g/mol. The Labute approximate surface area is 106 Å². The summed E-state index contributed by atoms with van der Waals surface area (Å²) in [6, 6.07) is 4.01. The van der Waals surface area contributed by atoms with Gasteiger partial charge in [-0.05, 0) is 37.3 Å². The second-order valence-electron chi connectivity index (χ2n) is 4.24. The molecule has 0 spiro atoms. The molecule has 0 saturated carbocycles. The third-order valence-electron chi connectivity index (χ3n) is 2.95. The van der Waals surface area contributed by atoms with E-state index in [1.807, 2.05) is 17.5 Å². The molecule has 17 heavy (non-hydrogen) atoms. The van der Waals surface area contributed by atoms with Gasteiger partial charge in [0.1, 0.15) is 0 Å². The van der Waals surface area contributed by atoms with E-state index in [0.29, 0.717) is 13.1 Å². The van der Waals surface area contributed by atoms with Crippen LogP contribution in [-0.2, 0) is 16.4 Å². The van der Waals surface area contributed by atoms with E-state index < -0.39 is 10.0 Å². The van der Waals surface area contributed by atoms with Crippen molar-refractivity contribution in [1.29, 1.82) is 0 Å². The van der Waals surface area contributed by atoms with Crippen molar-refractivity contribution in [1.82, 2.24) is 10.0 Å². The van der Waals surface area contributed by atoms with Gasteiger partial charge in [-0.1, -0.05) is 6.07 Å². The van der Waals surface area contributed by atoms with Crippen molar-refractivity contribution in [2.24, 2.45) is 0 Å². The summed E-state index contributed by atoms with van der Waals surface area (Å²) in [6.45, 7) is 2.01. The highest BCUT2D eigenvalue weighted by molar-refractivity contribution is 7.90. The summed E-state index contributed by atoms with van der Waals surface area (Å²) < 4.78 is 26.6. The molecule has 1 saturated heterocycles. The van der Waals surface area contributed by atoms with Gasteiger partial charge in [-0.3, -0.25) is 0 Å². The summed E-state index contributed by atoms with van der Waals surface area (Å²) in [5, 5.41) is 4.87. The van der Waals surface area contributed by atoms with Gasteiger partial charge in [0.05, 0.1) is 5.25 Å². The van der Waals surface area contributed by atoms with Gasteiger partial charge in [0, 0.05) is 18.0 Å². The summed E-state index contributed by atoms with van der Waals surface area (Å²) in [4.78, 5) is 1.22. The first kappa shape index (κ1) is 13.0. The fourth-order valence-electron chi connectivity index (χ4n) is 1.97. The van der Waals surface area contributed by atoms with E-state index in [1.165, 1.54) is 4.88 Å². The number of nitrogens with one attached hydrogen (secondary N) is 2.